The highest BCUT2D eigenvalue weighted by Crippen LogP contribution is 2.38. The van der Waals surface area contributed by atoms with Gasteiger partial charge in [-0.1, -0.05) is 17.7 Å². The summed E-state index contributed by atoms with van der Waals surface area (Å²) in [6, 6.07) is 0.407. The molecule has 1 saturated heterocycles. The van der Waals surface area contributed by atoms with Gasteiger partial charge in [0.1, 0.15) is 22.7 Å². The number of fused-ring (bicyclic) bond motifs is 1. The predicted octanol–water partition coefficient (Wildman–Crippen LogP) is 4.16. The molecule has 32 heavy (non-hydrogen) atoms. The smallest absolute Gasteiger partial charge is 0.335 e. The second-order valence-electron chi connectivity index (χ2n) is 7.16. The number of carbonyl (C=O) groups is 2. The van der Waals surface area contributed by atoms with Gasteiger partial charge in [-0.3, -0.25) is 9.69 Å². The fourth-order valence-corrected chi connectivity index (χ4v) is 3.83. The maximum atomic E-state index is 14.4. The van der Waals surface area contributed by atoms with Crippen molar-refractivity contribution in [2.45, 2.75) is 18.6 Å². The van der Waals surface area contributed by atoms with E-state index in [9.17, 15) is 31.5 Å². The van der Waals surface area contributed by atoms with Gasteiger partial charge in [0.25, 0.3) is 5.91 Å². The third kappa shape index (κ3) is 3.56. The van der Waals surface area contributed by atoms with E-state index in [-0.39, 0.29) is 35.7 Å². The Kier molecular flexibility index (Phi) is 5.32. The summed E-state index contributed by atoms with van der Waals surface area (Å²) in [4.78, 5) is 31.2. The van der Waals surface area contributed by atoms with E-state index in [1.54, 1.807) is 0 Å². The van der Waals surface area contributed by atoms with E-state index >= 15 is 0 Å². The Morgan fingerprint density at radius 2 is 2.03 bits per heavy atom. The Hall–Kier alpha value is -3.21. The fraction of sp³-hybridized carbons (Fsp3) is 0.250. The highest BCUT2D eigenvalue weighted by atomic mass is 35.5. The van der Waals surface area contributed by atoms with Gasteiger partial charge in [0.15, 0.2) is 5.82 Å². The number of likely N-dealkylation sites (N-methyl/N-ethyl adjacent to an activating group) is 1. The van der Waals surface area contributed by atoms with Crippen molar-refractivity contribution < 1.29 is 31.5 Å². The number of anilines is 2. The van der Waals surface area contributed by atoms with Crippen molar-refractivity contribution in [3.8, 4) is 0 Å². The number of pyridine rings is 1. The first-order valence-electron chi connectivity index (χ1n) is 9.26. The van der Waals surface area contributed by atoms with Crippen LogP contribution in [0.4, 0.5) is 38.3 Å². The van der Waals surface area contributed by atoms with E-state index in [1.807, 2.05) is 0 Å². The molecule has 2 aromatic rings. The molecule has 3 amide bonds. The first kappa shape index (κ1) is 22.0. The van der Waals surface area contributed by atoms with Gasteiger partial charge in [-0.05, 0) is 36.3 Å². The highest BCUT2D eigenvalue weighted by Gasteiger charge is 2.42. The Labute approximate surface area is 183 Å². The molecule has 1 atom stereocenters. The number of hydrogen-bond donors (Lipinski definition) is 1. The monoisotopic (exact) mass is 472 g/mol. The number of rotatable bonds is 3. The van der Waals surface area contributed by atoms with Crippen LogP contribution in [0.1, 0.15) is 16.8 Å². The SMILES string of the molecule is CN(C(=O)C1CNC(=O)N1c1cc(C(F)(F)F)c2c(n1)C=CC2)c1ccc(F)c(Cl)c1F. The van der Waals surface area contributed by atoms with Crippen LogP contribution in [0.25, 0.3) is 6.08 Å². The van der Waals surface area contributed by atoms with Gasteiger partial charge in [-0.2, -0.15) is 13.2 Å². The molecule has 0 bridgehead atoms. The summed E-state index contributed by atoms with van der Waals surface area (Å²) in [6.07, 6.45) is -1.74. The van der Waals surface area contributed by atoms with Crippen LogP contribution in [0, 0.1) is 11.6 Å². The third-order valence-electron chi connectivity index (χ3n) is 5.26. The zero-order chi connectivity index (χ0) is 23.4. The largest absolute Gasteiger partial charge is 0.416 e. The van der Waals surface area contributed by atoms with Crippen LogP contribution in [-0.2, 0) is 17.4 Å². The average molecular weight is 473 g/mol. The molecule has 168 valence electrons. The molecule has 2 heterocycles. The maximum absolute atomic E-state index is 14.4. The quantitative estimate of drug-likeness (QED) is 0.539. The summed E-state index contributed by atoms with van der Waals surface area (Å²) in [7, 11) is 1.18. The van der Waals surface area contributed by atoms with Crippen LogP contribution in [0.15, 0.2) is 24.3 Å². The third-order valence-corrected chi connectivity index (χ3v) is 5.61. The van der Waals surface area contributed by atoms with Crippen LogP contribution in [-0.4, -0.2) is 36.6 Å². The Balaban J connectivity index is 1.73. The summed E-state index contributed by atoms with van der Waals surface area (Å²) >= 11 is 5.57. The molecule has 0 radical (unpaired) electrons. The number of nitrogens with one attached hydrogen (secondary N) is 1. The number of halogens is 6. The molecule has 6 nitrogen and oxygen atoms in total. The van der Waals surface area contributed by atoms with Gasteiger partial charge in [0, 0.05) is 13.6 Å². The normalized spacial score (nSPS) is 17.5. The van der Waals surface area contributed by atoms with Gasteiger partial charge in [-0.25, -0.2) is 18.6 Å². The summed E-state index contributed by atoms with van der Waals surface area (Å²) < 4.78 is 68.6. The van der Waals surface area contributed by atoms with Gasteiger partial charge in [0.2, 0.25) is 0 Å². The second-order valence-corrected chi connectivity index (χ2v) is 7.54. The molecular formula is C20H14ClF5N4O2. The molecule has 1 unspecified atom stereocenters. The minimum Gasteiger partial charge on any atom is -0.335 e. The second kappa shape index (κ2) is 7.73. The average Bonchev–Trinajstić information content (AvgIpc) is 3.35. The number of alkyl halides is 3. The van der Waals surface area contributed by atoms with Gasteiger partial charge < -0.3 is 10.2 Å². The topological polar surface area (TPSA) is 65.5 Å². The van der Waals surface area contributed by atoms with E-state index in [4.69, 9.17) is 11.6 Å². The molecule has 1 aromatic heterocycles. The molecule has 0 spiro atoms. The minimum atomic E-state index is -4.70. The standard InChI is InChI=1S/C20H14ClF5N4O2/c1-29(13-6-5-11(22)16(21)17(13)23)18(31)14-8-27-19(32)30(14)15-7-10(20(24,25)26)9-3-2-4-12(9)28-15/h2,4-7,14H,3,8H2,1H3,(H,27,32). The molecule has 4 rings (SSSR count). The number of hydrogen-bond acceptors (Lipinski definition) is 3. The van der Waals surface area contributed by atoms with E-state index in [0.29, 0.717) is 6.07 Å². The number of aromatic nitrogens is 1. The summed E-state index contributed by atoms with van der Waals surface area (Å²) in [6.45, 7) is -0.255. The molecule has 1 aliphatic heterocycles. The molecule has 2 aliphatic rings. The molecule has 1 aliphatic carbocycles. The summed E-state index contributed by atoms with van der Waals surface area (Å²) in [5.74, 6) is -3.42. The van der Waals surface area contributed by atoms with Gasteiger partial charge >= 0.3 is 12.2 Å². The molecule has 0 saturated carbocycles. The van der Waals surface area contributed by atoms with E-state index in [0.717, 1.165) is 21.9 Å². The van der Waals surface area contributed by atoms with Crippen LogP contribution in [0.2, 0.25) is 5.02 Å². The van der Waals surface area contributed by atoms with E-state index < -0.39 is 46.4 Å². The highest BCUT2D eigenvalue weighted by molar-refractivity contribution is 6.31. The fourth-order valence-electron chi connectivity index (χ4n) is 3.67. The van der Waals surface area contributed by atoms with Crippen LogP contribution >= 0.6 is 11.6 Å². The molecule has 1 fully saturated rings. The number of urea groups is 1. The van der Waals surface area contributed by atoms with Crippen molar-refractivity contribution in [1.29, 1.82) is 0 Å². The molecule has 1 N–H and O–H groups in total. The van der Waals surface area contributed by atoms with E-state index in [2.05, 4.69) is 10.3 Å². The maximum Gasteiger partial charge on any atom is 0.416 e. The number of carbonyl (C=O) groups excluding carboxylic acids is 2. The Morgan fingerprint density at radius 3 is 2.72 bits per heavy atom. The van der Waals surface area contributed by atoms with Crippen molar-refractivity contribution in [3.63, 3.8) is 0 Å². The first-order chi connectivity index (χ1) is 15.0. The number of nitrogens with zero attached hydrogens (tertiary/aromatic N) is 3. The summed E-state index contributed by atoms with van der Waals surface area (Å²) in [5.41, 5.74) is -1.30. The lowest BCUT2D eigenvalue weighted by molar-refractivity contribution is -0.138. The first-order valence-corrected chi connectivity index (χ1v) is 9.64. The number of allylic oxidation sites excluding steroid dienone is 1. The van der Waals surface area contributed by atoms with Crippen LogP contribution in [0.3, 0.4) is 0 Å². The van der Waals surface area contributed by atoms with Gasteiger partial charge in [-0.15, -0.1) is 0 Å². The van der Waals surface area contributed by atoms with E-state index in [1.165, 1.54) is 19.2 Å². The number of benzene rings is 1. The van der Waals surface area contributed by atoms with Crippen molar-refractivity contribution in [2.24, 2.45) is 0 Å². The van der Waals surface area contributed by atoms with Crippen LogP contribution < -0.4 is 15.1 Å². The minimum absolute atomic E-state index is 0.0242. The lowest BCUT2D eigenvalue weighted by atomic mass is 10.1. The van der Waals surface area contributed by atoms with Crippen molar-refractivity contribution in [2.75, 3.05) is 23.4 Å². The zero-order valence-corrected chi connectivity index (χ0v) is 17.1. The predicted molar refractivity (Wildman–Crippen MR) is 106 cm³/mol. The van der Waals surface area contributed by atoms with Gasteiger partial charge in [0.05, 0.1) is 16.9 Å². The van der Waals surface area contributed by atoms with Crippen molar-refractivity contribution in [1.82, 2.24) is 10.3 Å². The van der Waals surface area contributed by atoms with Crippen molar-refractivity contribution >= 4 is 41.1 Å². The van der Waals surface area contributed by atoms with Crippen molar-refractivity contribution in [3.05, 3.63) is 57.8 Å². The van der Waals surface area contributed by atoms with Crippen LogP contribution in [0.5, 0.6) is 0 Å². The lowest BCUT2D eigenvalue weighted by Crippen LogP contribution is -2.47. The number of amides is 3. The Morgan fingerprint density at radius 1 is 1.31 bits per heavy atom. The lowest BCUT2D eigenvalue weighted by Gasteiger charge is -2.27. The molecule has 12 heteroatoms. The molecular weight excluding hydrogens is 459 g/mol. The zero-order valence-electron chi connectivity index (χ0n) is 16.3. The molecule has 1 aromatic carbocycles. The summed E-state index contributed by atoms with van der Waals surface area (Å²) in [5, 5.41) is 1.57. The Bertz CT molecular complexity index is 1170.